The third-order valence-corrected chi connectivity index (χ3v) is 6.86. The van der Waals surface area contributed by atoms with Crippen LogP contribution in [0.25, 0.3) is 0 Å². The van der Waals surface area contributed by atoms with Crippen LogP contribution in [0.1, 0.15) is 40.0 Å². The van der Waals surface area contributed by atoms with Gasteiger partial charge in [0, 0.05) is 6.42 Å². The van der Waals surface area contributed by atoms with E-state index < -0.39 is 24.7 Å². The molecular formula is C17H27N5O4. The maximum atomic E-state index is 12.5. The molecule has 2 fully saturated rings. The van der Waals surface area contributed by atoms with Crippen molar-refractivity contribution < 1.29 is 19.8 Å². The first-order valence-electron chi connectivity index (χ1n) is 8.94. The monoisotopic (exact) mass is 365 g/mol. The maximum Gasteiger partial charge on any atom is 0.263 e. The zero-order valence-corrected chi connectivity index (χ0v) is 15.3. The molecule has 0 aromatic carbocycles. The molecule has 9 heteroatoms. The van der Waals surface area contributed by atoms with Gasteiger partial charge >= 0.3 is 0 Å². The molecule has 0 radical (unpaired) electrons. The quantitative estimate of drug-likeness (QED) is 0.545. The Morgan fingerprint density at radius 3 is 2.50 bits per heavy atom. The third kappa shape index (κ3) is 2.88. The zero-order chi connectivity index (χ0) is 19.1. The molecule has 5 unspecified atom stereocenters. The molecule has 2 bridgehead atoms. The summed E-state index contributed by atoms with van der Waals surface area (Å²) in [5.74, 6) is -0.781. The molecule has 0 spiro atoms. The Morgan fingerprint density at radius 1 is 1.31 bits per heavy atom. The number of nitrogens with one attached hydrogen (secondary N) is 2. The average molecular weight is 365 g/mol. The van der Waals surface area contributed by atoms with E-state index in [1.165, 1.54) is 17.3 Å². The number of aliphatic hydroxyl groups excluding tert-OH is 2. The van der Waals surface area contributed by atoms with E-state index in [9.17, 15) is 19.8 Å². The van der Waals surface area contributed by atoms with Crippen molar-refractivity contribution in [2.75, 3.05) is 12.0 Å². The highest BCUT2D eigenvalue weighted by Crippen LogP contribution is 2.68. The van der Waals surface area contributed by atoms with Crippen LogP contribution in [0.3, 0.4) is 0 Å². The number of hydrogen-bond donors (Lipinski definition) is 4. The zero-order valence-electron chi connectivity index (χ0n) is 15.3. The van der Waals surface area contributed by atoms with Crippen molar-refractivity contribution in [2.45, 2.75) is 52.2 Å². The fourth-order valence-corrected chi connectivity index (χ4v) is 4.91. The Morgan fingerprint density at radius 2 is 1.96 bits per heavy atom. The van der Waals surface area contributed by atoms with Crippen LogP contribution in [0.4, 0.5) is 0 Å². The van der Waals surface area contributed by atoms with E-state index in [1.54, 1.807) is 0 Å². The van der Waals surface area contributed by atoms with Gasteiger partial charge < -0.3 is 15.5 Å². The molecule has 1 aromatic heterocycles. The molecule has 144 valence electrons. The molecule has 1 aromatic rings. The highest BCUT2D eigenvalue weighted by Gasteiger charge is 2.65. The topological polar surface area (TPSA) is 129 Å². The predicted molar refractivity (Wildman–Crippen MR) is 92.1 cm³/mol. The van der Waals surface area contributed by atoms with Gasteiger partial charge in [-0.15, -0.1) is 10.2 Å². The van der Waals surface area contributed by atoms with Crippen molar-refractivity contribution in [1.82, 2.24) is 20.2 Å². The maximum absolute atomic E-state index is 12.5. The van der Waals surface area contributed by atoms with Crippen molar-refractivity contribution in [1.29, 1.82) is 0 Å². The molecule has 0 saturated heterocycles. The van der Waals surface area contributed by atoms with Gasteiger partial charge in [-0.3, -0.25) is 15.0 Å². The fourth-order valence-electron chi connectivity index (χ4n) is 4.91. The molecule has 4 N–H and O–H groups in total. The van der Waals surface area contributed by atoms with E-state index in [4.69, 9.17) is 0 Å². The van der Waals surface area contributed by atoms with E-state index >= 15 is 0 Å². The van der Waals surface area contributed by atoms with E-state index in [1.807, 2.05) is 0 Å². The van der Waals surface area contributed by atoms with Crippen LogP contribution >= 0.6 is 0 Å². The number of nitrogens with zero attached hydrogens (tertiary/aromatic N) is 3. The molecule has 2 aliphatic rings. The second-order valence-corrected chi connectivity index (χ2v) is 8.25. The summed E-state index contributed by atoms with van der Waals surface area (Å²) in [5, 5.41) is 29.9. The highest BCUT2D eigenvalue weighted by atomic mass is 16.3. The molecule has 1 heterocycles. The van der Waals surface area contributed by atoms with E-state index in [0.717, 1.165) is 12.8 Å². The minimum absolute atomic E-state index is 0.0282. The van der Waals surface area contributed by atoms with Crippen molar-refractivity contribution >= 4 is 11.8 Å². The minimum atomic E-state index is -1.08. The number of amides is 2. The molecule has 2 saturated carbocycles. The number of hydrogen-bond acceptors (Lipinski definition) is 6. The summed E-state index contributed by atoms with van der Waals surface area (Å²) in [4.78, 5) is 24.6. The molecular weight excluding hydrogens is 338 g/mol. The molecule has 3 rings (SSSR count). The van der Waals surface area contributed by atoms with Crippen molar-refractivity contribution in [2.24, 2.45) is 22.7 Å². The normalized spacial score (nSPS) is 33.0. The molecule has 0 aliphatic heterocycles. The van der Waals surface area contributed by atoms with Gasteiger partial charge in [0.2, 0.25) is 5.91 Å². The lowest BCUT2D eigenvalue weighted by molar-refractivity contribution is -0.129. The van der Waals surface area contributed by atoms with Crippen LogP contribution in [-0.2, 0) is 9.59 Å². The highest BCUT2D eigenvalue weighted by molar-refractivity contribution is 5.92. The number of fused-ring (bicyclic) bond motifs is 2. The molecule has 26 heavy (non-hydrogen) atoms. The summed E-state index contributed by atoms with van der Waals surface area (Å²) in [7, 11) is 0. The van der Waals surface area contributed by atoms with Crippen molar-refractivity contribution in [3.05, 3.63) is 12.7 Å². The fraction of sp³-hybridized carbons (Fsp3) is 0.765. The lowest BCUT2D eigenvalue weighted by Gasteiger charge is -2.37. The Bertz CT molecular complexity index is 677. The van der Waals surface area contributed by atoms with Gasteiger partial charge in [0.15, 0.2) is 0 Å². The SMILES string of the molecule is CC1(C)C2CCC1(C)C(O)C2CC(=O)NC(CO)C(=O)Nn1cnnc1. The molecule has 2 aliphatic carbocycles. The first-order valence-corrected chi connectivity index (χ1v) is 8.94. The Balaban J connectivity index is 1.60. The van der Waals surface area contributed by atoms with Gasteiger partial charge in [0.1, 0.15) is 18.7 Å². The largest absolute Gasteiger partial charge is 0.394 e. The van der Waals surface area contributed by atoms with Gasteiger partial charge in [0.05, 0.1) is 12.7 Å². The Hall–Kier alpha value is -2.00. The van der Waals surface area contributed by atoms with Crippen LogP contribution in [0.2, 0.25) is 0 Å². The molecule has 5 atom stereocenters. The van der Waals surface area contributed by atoms with Gasteiger partial charge in [-0.25, -0.2) is 4.68 Å². The minimum Gasteiger partial charge on any atom is -0.394 e. The van der Waals surface area contributed by atoms with Crippen LogP contribution in [-0.4, -0.2) is 55.7 Å². The third-order valence-electron chi connectivity index (χ3n) is 6.86. The van der Waals surface area contributed by atoms with E-state index in [0.29, 0.717) is 0 Å². The summed E-state index contributed by atoms with van der Waals surface area (Å²) in [6, 6.07) is -1.08. The lowest BCUT2D eigenvalue weighted by atomic mass is 9.70. The van der Waals surface area contributed by atoms with Gasteiger partial charge in [-0.1, -0.05) is 20.8 Å². The lowest BCUT2D eigenvalue weighted by Crippen LogP contribution is -2.49. The number of carbonyl (C=O) groups excluding carboxylic acids is 2. The number of carbonyl (C=O) groups is 2. The molecule has 2 amide bonds. The summed E-state index contributed by atoms with van der Waals surface area (Å²) in [6.07, 6.45) is 4.15. The summed E-state index contributed by atoms with van der Waals surface area (Å²) in [5.41, 5.74) is 2.24. The van der Waals surface area contributed by atoms with Crippen LogP contribution < -0.4 is 10.7 Å². The van der Waals surface area contributed by atoms with E-state index in [2.05, 4.69) is 41.7 Å². The second kappa shape index (κ2) is 6.62. The predicted octanol–water partition coefficient (Wildman–Crippen LogP) is -0.351. The first kappa shape index (κ1) is 18.8. The summed E-state index contributed by atoms with van der Waals surface area (Å²) in [6.45, 7) is 5.89. The Labute approximate surface area is 152 Å². The van der Waals surface area contributed by atoms with Crippen molar-refractivity contribution in [3.8, 4) is 0 Å². The second-order valence-electron chi connectivity index (χ2n) is 8.25. The van der Waals surface area contributed by atoms with Gasteiger partial charge in [0.25, 0.3) is 5.91 Å². The standard InChI is InChI=1S/C17H27N5O4/c1-16(2)11-4-5-17(16,3)14(25)10(11)6-13(24)20-12(7-23)15(26)21-22-8-18-19-9-22/h8-12,14,23,25H,4-7H2,1-3H3,(H,20,24)(H,21,26). The molecule has 9 nitrogen and oxygen atoms in total. The van der Waals surface area contributed by atoms with Crippen LogP contribution in [0, 0.1) is 22.7 Å². The Kier molecular flexibility index (Phi) is 4.78. The summed E-state index contributed by atoms with van der Waals surface area (Å²) >= 11 is 0. The van der Waals surface area contributed by atoms with Crippen LogP contribution in [0.5, 0.6) is 0 Å². The number of aliphatic hydroxyl groups is 2. The number of rotatable bonds is 6. The average Bonchev–Trinajstić information content (AvgIpc) is 3.20. The smallest absolute Gasteiger partial charge is 0.263 e. The number of aromatic nitrogens is 3. The van der Waals surface area contributed by atoms with Gasteiger partial charge in [-0.05, 0) is 35.5 Å². The van der Waals surface area contributed by atoms with Gasteiger partial charge in [-0.2, -0.15) is 0 Å². The van der Waals surface area contributed by atoms with Crippen LogP contribution in [0.15, 0.2) is 12.7 Å². The van der Waals surface area contributed by atoms with E-state index in [-0.39, 0.29) is 35.0 Å². The first-order chi connectivity index (χ1) is 12.2. The van der Waals surface area contributed by atoms with Crippen molar-refractivity contribution in [3.63, 3.8) is 0 Å². The summed E-state index contributed by atoms with van der Waals surface area (Å²) < 4.78 is 1.24.